The van der Waals surface area contributed by atoms with E-state index in [1.807, 2.05) is 29.1 Å². The Morgan fingerprint density at radius 2 is 1.07 bits per heavy atom. The molecule has 0 aliphatic rings. The molecule has 0 aliphatic carbocycles. The van der Waals surface area contributed by atoms with E-state index in [2.05, 4.69) is 101 Å². The van der Waals surface area contributed by atoms with Crippen LogP contribution in [0.2, 0.25) is 0 Å². The van der Waals surface area contributed by atoms with Crippen LogP contribution < -0.4 is 0 Å². The van der Waals surface area contributed by atoms with Crippen LogP contribution in [0.15, 0.2) is 109 Å². The molecule has 3 nitrogen and oxygen atoms in total. The van der Waals surface area contributed by atoms with Crippen molar-refractivity contribution in [1.82, 2.24) is 15.0 Å². The normalized spacial score (nSPS) is 11.6. The maximum Gasteiger partial charge on any atom is 0.157 e. The standard InChI is InChI=1S/C26H20BrN3/c27-19-20-16-17-24-25(18-20)29-30(28-24)26(21-10-4-1-5-11-21,22-12-6-2-7-13-22)23-14-8-3-9-15-23/h1-18H,19H2. The molecule has 0 atom stereocenters. The molecular formula is C26H20BrN3. The number of nitrogens with zero attached hydrogens (tertiary/aromatic N) is 3. The average Bonchev–Trinajstić information content (AvgIpc) is 3.25. The zero-order chi connectivity index (χ0) is 20.4. The smallest absolute Gasteiger partial charge is 0.157 e. The molecule has 0 bridgehead atoms. The molecule has 0 radical (unpaired) electrons. The van der Waals surface area contributed by atoms with Crippen LogP contribution in [0.25, 0.3) is 11.0 Å². The van der Waals surface area contributed by atoms with E-state index < -0.39 is 5.54 Å². The van der Waals surface area contributed by atoms with Crippen LogP contribution in [0.3, 0.4) is 0 Å². The Morgan fingerprint density at radius 3 is 1.53 bits per heavy atom. The fourth-order valence-electron chi connectivity index (χ4n) is 4.08. The summed E-state index contributed by atoms with van der Waals surface area (Å²) in [5.74, 6) is 0. The van der Waals surface area contributed by atoms with Crippen molar-refractivity contribution in [2.24, 2.45) is 0 Å². The number of rotatable bonds is 5. The first kappa shape index (κ1) is 18.8. The van der Waals surface area contributed by atoms with Crippen LogP contribution in [-0.2, 0) is 10.9 Å². The van der Waals surface area contributed by atoms with Gasteiger partial charge in [-0.2, -0.15) is 15.0 Å². The summed E-state index contributed by atoms with van der Waals surface area (Å²) in [6.45, 7) is 0. The molecule has 1 heterocycles. The summed E-state index contributed by atoms with van der Waals surface area (Å²) < 4.78 is 0. The lowest BCUT2D eigenvalue weighted by Crippen LogP contribution is -2.39. The lowest BCUT2D eigenvalue weighted by atomic mass is 9.77. The SMILES string of the molecule is BrCc1ccc2nn(C(c3ccccc3)(c3ccccc3)c3ccccc3)nc2c1. The zero-order valence-electron chi connectivity index (χ0n) is 16.3. The molecule has 4 heteroatoms. The Hall–Kier alpha value is -3.24. The minimum absolute atomic E-state index is 0.683. The van der Waals surface area contributed by atoms with E-state index in [-0.39, 0.29) is 0 Å². The molecule has 0 saturated heterocycles. The summed E-state index contributed by atoms with van der Waals surface area (Å²) in [7, 11) is 0. The Morgan fingerprint density at radius 1 is 0.600 bits per heavy atom. The monoisotopic (exact) mass is 453 g/mol. The van der Waals surface area contributed by atoms with Gasteiger partial charge in [0.2, 0.25) is 0 Å². The van der Waals surface area contributed by atoms with Gasteiger partial charge in [0.25, 0.3) is 0 Å². The van der Waals surface area contributed by atoms with E-state index in [9.17, 15) is 0 Å². The van der Waals surface area contributed by atoms with E-state index >= 15 is 0 Å². The van der Waals surface area contributed by atoms with Crippen LogP contribution in [0.4, 0.5) is 0 Å². The summed E-state index contributed by atoms with van der Waals surface area (Å²) >= 11 is 3.54. The maximum absolute atomic E-state index is 5.01. The molecular weight excluding hydrogens is 434 g/mol. The van der Waals surface area contributed by atoms with E-state index in [0.29, 0.717) is 0 Å². The molecule has 0 unspecified atom stereocenters. The van der Waals surface area contributed by atoms with Crippen molar-refractivity contribution in [3.05, 3.63) is 131 Å². The predicted octanol–water partition coefficient (Wildman–Crippen LogP) is 6.17. The number of hydrogen-bond donors (Lipinski definition) is 0. The van der Waals surface area contributed by atoms with Crippen molar-refractivity contribution in [3.8, 4) is 0 Å². The Balaban J connectivity index is 1.89. The van der Waals surface area contributed by atoms with Crippen molar-refractivity contribution in [1.29, 1.82) is 0 Å². The van der Waals surface area contributed by atoms with Gasteiger partial charge in [0.15, 0.2) is 5.54 Å². The number of aromatic nitrogens is 3. The third kappa shape index (κ3) is 3.04. The van der Waals surface area contributed by atoms with Crippen LogP contribution in [0.1, 0.15) is 22.3 Å². The van der Waals surface area contributed by atoms with Gasteiger partial charge < -0.3 is 0 Å². The molecule has 4 aromatic carbocycles. The minimum atomic E-state index is -0.683. The molecule has 0 saturated carbocycles. The van der Waals surface area contributed by atoms with Gasteiger partial charge in [-0.05, 0) is 34.4 Å². The van der Waals surface area contributed by atoms with Gasteiger partial charge >= 0.3 is 0 Å². The maximum atomic E-state index is 5.01. The van der Waals surface area contributed by atoms with Crippen LogP contribution in [0, 0.1) is 0 Å². The number of halogens is 1. The van der Waals surface area contributed by atoms with Gasteiger partial charge in [0.1, 0.15) is 11.0 Å². The van der Waals surface area contributed by atoms with E-state index in [1.54, 1.807) is 0 Å². The van der Waals surface area contributed by atoms with Crippen molar-refractivity contribution in [2.75, 3.05) is 0 Å². The molecule has 5 rings (SSSR count). The quantitative estimate of drug-likeness (QED) is 0.235. The highest BCUT2D eigenvalue weighted by atomic mass is 79.9. The largest absolute Gasteiger partial charge is 0.164 e. The van der Waals surface area contributed by atoms with Crippen molar-refractivity contribution in [2.45, 2.75) is 10.9 Å². The number of hydrogen-bond acceptors (Lipinski definition) is 2. The molecule has 0 amide bonds. The van der Waals surface area contributed by atoms with E-state index in [0.717, 1.165) is 33.1 Å². The average molecular weight is 454 g/mol. The Bertz CT molecular complexity index is 1170. The van der Waals surface area contributed by atoms with E-state index in [4.69, 9.17) is 10.2 Å². The predicted molar refractivity (Wildman–Crippen MR) is 125 cm³/mol. The molecule has 146 valence electrons. The summed E-state index contributed by atoms with van der Waals surface area (Å²) in [5, 5.41) is 10.8. The first-order valence-corrected chi connectivity index (χ1v) is 11.0. The zero-order valence-corrected chi connectivity index (χ0v) is 17.9. The van der Waals surface area contributed by atoms with Gasteiger partial charge in [-0.25, -0.2) is 0 Å². The summed E-state index contributed by atoms with van der Waals surface area (Å²) in [6, 6.07) is 37.7. The van der Waals surface area contributed by atoms with E-state index in [1.165, 1.54) is 5.56 Å². The number of alkyl halides is 1. The second kappa shape index (κ2) is 7.88. The van der Waals surface area contributed by atoms with Gasteiger partial charge in [-0.1, -0.05) is 113 Å². The second-order valence-corrected chi connectivity index (χ2v) is 7.82. The van der Waals surface area contributed by atoms with Gasteiger partial charge in [-0.3, -0.25) is 0 Å². The van der Waals surface area contributed by atoms with Gasteiger partial charge in [0, 0.05) is 5.33 Å². The van der Waals surface area contributed by atoms with Crippen molar-refractivity contribution >= 4 is 27.0 Å². The van der Waals surface area contributed by atoms with Crippen LogP contribution in [0.5, 0.6) is 0 Å². The van der Waals surface area contributed by atoms with Crippen molar-refractivity contribution < 1.29 is 0 Å². The Kier molecular flexibility index (Phi) is 4.93. The Labute approximate surface area is 184 Å². The lowest BCUT2D eigenvalue weighted by molar-refractivity contribution is 0.409. The highest BCUT2D eigenvalue weighted by molar-refractivity contribution is 9.08. The fourth-order valence-corrected chi connectivity index (χ4v) is 4.43. The number of benzene rings is 4. The van der Waals surface area contributed by atoms with Crippen molar-refractivity contribution in [3.63, 3.8) is 0 Å². The molecule has 30 heavy (non-hydrogen) atoms. The first-order valence-electron chi connectivity index (χ1n) is 9.91. The summed E-state index contributed by atoms with van der Waals surface area (Å²) in [5.41, 5.74) is 5.61. The lowest BCUT2D eigenvalue weighted by Gasteiger charge is -2.34. The third-order valence-electron chi connectivity index (χ3n) is 5.47. The molecule has 0 N–H and O–H groups in total. The third-order valence-corrected chi connectivity index (χ3v) is 6.12. The summed E-state index contributed by atoms with van der Waals surface area (Å²) in [4.78, 5) is 1.88. The molecule has 0 spiro atoms. The van der Waals surface area contributed by atoms with Crippen LogP contribution in [-0.4, -0.2) is 15.0 Å². The first-order chi connectivity index (χ1) is 14.8. The van der Waals surface area contributed by atoms with Crippen LogP contribution >= 0.6 is 15.9 Å². The highest BCUT2D eigenvalue weighted by Crippen LogP contribution is 2.40. The minimum Gasteiger partial charge on any atom is -0.164 e. The second-order valence-electron chi connectivity index (χ2n) is 7.25. The fraction of sp³-hybridized carbons (Fsp3) is 0.0769. The molecule has 0 aliphatic heterocycles. The number of fused-ring (bicyclic) bond motifs is 1. The topological polar surface area (TPSA) is 30.7 Å². The highest BCUT2D eigenvalue weighted by Gasteiger charge is 2.40. The summed E-state index contributed by atoms with van der Waals surface area (Å²) in [6.07, 6.45) is 0. The molecule has 1 aromatic heterocycles. The van der Waals surface area contributed by atoms with Gasteiger partial charge in [0.05, 0.1) is 0 Å². The van der Waals surface area contributed by atoms with Gasteiger partial charge in [-0.15, -0.1) is 0 Å². The molecule has 0 fully saturated rings. The molecule has 5 aromatic rings.